The van der Waals surface area contributed by atoms with Gasteiger partial charge in [0.25, 0.3) is 10.0 Å². The van der Waals surface area contributed by atoms with Crippen molar-refractivity contribution in [1.82, 2.24) is 23.1 Å². The van der Waals surface area contributed by atoms with Crippen LogP contribution in [0.3, 0.4) is 0 Å². The molecule has 2 aliphatic rings. The van der Waals surface area contributed by atoms with E-state index in [-0.39, 0.29) is 22.8 Å². The van der Waals surface area contributed by atoms with E-state index >= 15 is 0 Å². The molecule has 36 heavy (non-hydrogen) atoms. The molecule has 0 amide bonds. The number of hydrogen-bond acceptors (Lipinski definition) is 6. The van der Waals surface area contributed by atoms with Crippen LogP contribution in [0.25, 0.3) is 16.7 Å². The lowest BCUT2D eigenvalue weighted by atomic mass is 9.97. The van der Waals surface area contributed by atoms with Crippen LogP contribution in [0.1, 0.15) is 56.8 Å². The highest BCUT2D eigenvalue weighted by atomic mass is 32.2. The third-order valence-electron chi connectivity index (χ3n) is 7.90. The number of benzene rings is 1. The molecule has 6 rings (SSSR count). The Labute approximate surface area is 210 Å². The lowest BCUT2D eigenvalue weighted by molar-refractivity contribution is 0.507. The first-order valence-corrected chi connectivity index (χ1v) is 15.1. The summed E-state index contributed by atoms with van der Waals surface area (Å²) in [5.41, 5.74) is 2.72. The molecule has 0 spiro atoms. The molecule has 4 aromatic rings. The van der Waals surface area contributed by atoms with Crippen molar-refractivity contribution in [2.45, 2.75) is 68.1 Å². The highest BCUT2D eigenvalue weighted by Crippen LogP contribution is 2.45. The van der Waals surface area contributed by atoms with Crippen LogP contribution < -0.4 is 4.72 Å². The monoisotopic (exact) mass is 527 g/mol. The first-order chi connectivity index (χ1) is 17.0. The summed E-state index contributed by atoms with van der Waals surface area (Å²) in [5.74, 6) is 1.03. The average molecular weight is 528 g/mol. The van der Waals surface area contributed by atoms with Crippen molar-refractivity contribution >= 4 is 36.7 Å². The molecular formula is C25H29N5O4S2. The smallest absolute Gasteiger partial charge is 0.269 e. The lowest BCUT2D eigenvalue weighted by Crippen LogP contribution is -2.40. The van der Waals surface area contributed by atoms with E-state index in [1.807, 2.05) is 11.3 Å². The summed E-state index contributed by atoms with van der Waals surface area (Å²) < 4.78 is 57.8. The van der Waals surface area contributed by atoms with E-state index in [0.717, 1.165) is 23.3 Å². The zero-order valence-corrected chi connectivity index (χ0v) is 22.1. The van der Waals surface area contributed by atoms with E-state index in [1.54, 1.807) is 49.6 Å². The van der Waals surface area contributed by atoms with Crippen LogP contribution in [-0.4, -0.2) is 46.0 Å². The number of hydrogen-bond donors (Lipinski definition) is 1. The Morgan fingerprint density at radius 3 is 2.39 bits per heavy atom. The van der Waals surface area contributed by atoms with Crippen LogP contribution in [0.4, 0.5) is 0 Å². The number of aromatic nitrogens is 4. The molecule has 0 saturated heterocycles. The third kappa shape index (κ3) is 3.59. The molecule has 0 unspecified atom stereocenters. The lowest BCUT2D eigenvalue weighted by Gasteiger charge is -2.17. The number of aryl methyl sites for hydroxylation is 1. The van der Waals surface area contributed by atoms with Gasteiger partial charge in [-0.3, -0.25) is 4.40 Å². The number of imidazole rings is 1. The van der Waals surface area contributed by atoms with E-state index < -0.39 is 24.8 Å². The van der Waals surface area contributed by atoms with Crippen molar-refractivity contribution in [3.63, 3.8) is 0 Å². The van der Waals surface area contributed by atoms with Crippen LogP contribution in [0.15, 0.2) is 53.8 Å². The first-order valence-electron chi connectivity index (χ1n) is 12.2. The van der Waals surface area contributed by atoms with Crippen LogP contribution in [0.2, 0.25) is 0 Å². The third-order valence-corrected chi connectivity index (χ3v) is 11.9. The summed E-state index contributed by atoms with van der Waals surface area (Å²) >= 11 is 0. The molecular weight excluding hydrogens is 498 g/mol. The summed E-state index contributed by atoms with van der Waals surface area (Å²) in [7, 11) is -7.19. The Balaban J connectivity index is 1.38. The van der Waals surface area contributed by atoms with Crippen molar-refractivity contribution in [2.75, 3.05) is 0 Å². The van der Waals surface area contributed by atoms with Crippen LogP contribution >= 0.6 is 0 Å². The molecule has 3 aromatic heterocycles. The van der Waals surface area contributed by atoms with E-state index in [4.69, 9.17) is 4.98 Å². The fourth-order valence-electron chi connectivity index (χ4n) is 5.34. The van der Waals surface area contributed by atoms with E-state index in [9.17, 15) is 16.8 Å². The van der Waals surface area contributed by atoms with Gasteiger partial charge >= 0.3 is 0 Å². The first kappa shape index (κ1) is 23.6. The van der Waals surface area contributed by atoms with Gasteiger partial charge in [-0.15, -0.1) is 0 Å². The molecule has 1 aromatic carbocycles. The summed E-state index contributed by atoms with van der Waals surface area (Å²) in [6, 6.07) is 8.34. The molecule has 3 atom stereocenters. The summed E-state index contributed by atoms with van der Waals surface area (Å²) in [6.45, 7) is 5.82. The van der Waals surface area contributed by atoms with Crippen LogP contribution in [0.5, 0.6) is 0 Å². The quantitative estimate of drug-likeness (QED) is 0.410. The summed E-state index contributed by atoms with van der Waals surface area (Å²) in [5, 5.41) is 0. The van der Waals surface area contributed by atoms with Gasteiger partial charge in [-0.2, -0.15) is 0 Å². The molecule has 0 bridgehead atoms. The number of rotatable bonds is 6. The predicted octanol–water partition coefficient (Wildman–Crippen LogP) is 3.58. The van der Waals surface area contributed by atoms with Crippen molar-refractivity contribution in [3.8, 4) is 0 Å². The van der Waals surface area contributed by atoms with Crippen molar-refractivity contribution in [2.24, 2.45) is 5.92 Å². The minimum absolute atomic E-state index is 0.0230. The summed E-state index contributed by atoms with van der Waals surface area (Å²) in [4.78, 5) is 9.36. The zero-order valence-electron chi connectivity index (χ0n) is 20.4. The summed E-state index contributed by atoms with van der Waals surface area (Å²) in [6.07, 6.45) is 7.67. The Morgan fingerprint density at radius 2 is 1.69 bits per heavy atom. The number of nitrogens with one attached hydrogen (secondary N) is 1. The van der Waals surface area contributed by atoms with E-state index in [0.29, 0.717) is 30.4 Å². The number of fused-ring (bicyclic) bond motifs is 3. The fraction of sp³-hybridized carbons (Fsp3) is 0.440. The zero-order chi connectivity index (χ0) is 25.5. The minimum Gasteiger partial charge on any atom is -0.291 e. The van der Waals surface area contributed by atoms with Gasteiger partial charge in [-0.25, -0.2) is 35.5 Å². The standard InChI is InChI=1S/C25H29N5O4S2/c1-16-4-6-20(7-5-16)35(31,32)29-11-8-22-24(29)27-15-19-14-26-23(30(19)22)21-13-18(12-17(21)2)28-36(33,34)25(3)9-10-25/h4-8,11,14-15,17-18,21,28H,9-10,12-13H2,1-3H3/t17-,18+,21+/m1/s1. The van der Waals surface area contributed by atoms with Crippen LogP contribution in [-0.2, 0) is 20.0 Å². The van der Waals surface area contributed by atoms with Gasteiger partial charge < -0.3 is 0 Å². The van der Waals surface area contributed by atoms with E-state index in [2.05, 4.69) is 16.6 Å². The largest absolute Gasteiger partial charge is 0.291 e. The van der Waals surface area contributed by atoms with Gasteiger partial charge in [0.05, 0.1) is 33.1 Å². The molecule has 0 radical (unpaired) electrons. The van der Waals surface area contributed by atoms with Crippen molar-refractivity contribution in [1.29, 1.82) is 0 Å². The minimum atomic E-state index is -3.83. The van der Waals surface area contributed by atoms with Crippen molar-refractivity contribution in [3.05, 3.63) is 60.3 Å². The molecule has 0 aliphatic heterocycles. The Kier molecular flexibility index (Phi) is 5.16. The second-order valence-corrected chi connectivity index (χ2v) is 14.6. The molecule has 2 saturated carbocycles. The predicted molar refractivity (Wildman–Crippen MR) is 137 cm³/mol. The second kappa shape index (κ2) is 7.87. The van der Waals surface area contributed by atoms with Gasteiger partial charge in [0.15, 0.2) is 5.65 Å². The SMILES string of the molecule is Cc1ccc(S(=O)(=O)n2ccc3c2ncc2cnc([C@H]4C[C@@H](NS(=O)(=O)C5(C)CC5)C[C@H]4C)n23)cc1. The van der Waals surface area contributed by atoms with Gasteiger partial charge in [0, 0.05) is 18.2 Å². The molecule has 3 heterocycles. The molecule has 9 nitrogen and oxygen atoms in total. The molecule has 190 valence electrons. The molecule has 11 heteroatoms. The van der Waals surface area contributed by atoms with Crippen LogP contribution in [0, 0.1) is 12.8 Å². The highest BCUT2D eigenvalue weighted by Gasteiger charge is 2.51. The van der Waals surface area contributed by atoms with E-state index in [1.165, 1.54) is 10.2 Å². The van der Waals surface area contributed by atoms with Gasteiger partial charge in [0.2, 0.25) is 10.0 Å². The Hall–Kier alpha value is -2.76. The fourth-order valence-corrected chi connectivity index (χ4v) is 8.20. The maximum Gasteiger partial charge on any atom is 0.269 e. The second-order valence-electron chi connectivity index (χ2n) is 10.6. The average Bonchev–Trinajstić information content (AvgIpc) is 3.15. The molecule has 1 N–H and O–H groups in total. The number of nitrogens with zero attached hydrogens (tertiary/aromatic N) is 4. The van der Waals surface area contributed by atoms with Crippen molar-refractivity contribution < 1.29 is 16.8 Å². The van der Waals surface area contributed by atoms with Gasteiger partial charge in [-0.1, -0.05) is 24.6 Å². The van der Waals surface area contributed by atoms with Gasteiger partial charge in [0.1, 0.15) is 5.82 Å². The maximum atomic E-state index is 13.4. The van der Waals surface area contributed by atoms with Gasteiger partial charge in [-0.05, 0) is 63.6 Å². The number of sulfonamides is 1. The normalized spacial score (nSPS) is 24.0. The highest BCUT2D eigenvalue weighted by molar-refractivity contribution is 7.91. The Morgan fingerprint density at radius 1 is 1.00 bits per heavy atom. The molecule has 2 fully saturated rings. The topological polar surface area (TPSA) is 115 Å². The maximum absolute atomic E-state index is 13.4. The molecule has 2 aliphatic carbocycles. The Bertz CT molecular complexity index is 1700.